The van der Waals surface area contributed by atoms with Crippen LogP contribution >= 0.6 is 11.3 Å². The molecular formula is C14H17N3O3S. The SMILES string of the molecule is O=c1[nH]c(CN2CCCC3(C2)OCCO3)nc2ccsc12. The van der Waals surface area contributed by atoms with Gasteiger partial charge in [-0.15, -0.1) is 11.3 Å². The van der Waals surface area contributed by atoms with E-state index < -0.39 is 5.79 Å². The molecule has 1 N–H and O–H groups in total. The molecule has 2 fully saturated rings. The van der Waals surface area contributed by atoms with Gasteiger partial charge in [0.15, 0.2) is 5.79 Å². The van der Waals surface area contributed by atoms with E-state index in [2.05, 4.69) is 14.9 Å². The fourth-order valence-corrected chi connectivity index (χ4v) is 3.87. The minimum Gasteiger partial charge on any atom is -0.346 e. The molecule has 4 rings (SSSR count). The Labute approximate surface area is 125 Å². The number of likely N-dealkylation sites (tertiary alicyclic amines) is 1. The first-order chi connectivity index (χ1) is 10.2. The summed E-state index contributed by atoms with van der Waals surface area (Å²) in [6, 6.07) is 1.89. The number of nitrogens with one attached hydrogen (secondary N) is 1. The van der Waals surface area contributed by atoms with Gasteiger partial charge in [-0.05, 0) is 24.4 Å². The number of aromatic nitrogens is 2. The zero-order chi connectivity index (χ0) is 14.3. The fourth-order valence-electron chi connectivity index (χ4n) is 3.15. The second-order valence-electron chi connectivity index (χ2n) is 5.57. The Morgan fingerprint density at radius 3 is 3.14 bits per heavy atom. The second kappa shape index (κ2) is 5.17. The van der Waals surface area contributed by atoms with Crippen LogP contribution in [0.5, 0.6) is 0 Å². The van der Waals surface area contributed by atoms with E-state index in [9.17, 15) is 4.79 Å². The zero-order valence-corrected chi connectivity index (χ0v) is 12.4. The highest BCUT2D eigenvalue weighted by Crippen LogP contribution is 2.30. The number of hydrogen-bond acceptors (Lipinski definition) is 6. The number of ether oxygens (including phenoxy) is 2. The molecule has 0 radical (unpaired) electrons. The first-order valence-electron chi connectivity index (χ1n) is 7.21. The fraction of sp³-hybridized carbons (Fsp3) is 0.571. The molecular weight excluding hydrogens is 290 g/mol. The van der Waals surface area contributed by atoms with Crippen molar-refractivity contribution >= 4 is 21.6 Å². The molecule has 0 bridgehead atoms. The summed E-state index contributed by atoms with van der Waals surface area (Å²) in [7, 11) is 0. The maximum atomic E-state index is 12.0. The molecule has 0 aliphatic carbocycles. The lowest BCUT2D eigenvalue weighted by molar-refractivity contribution is -0.190. The summed E-state index contributed by atoms with van der Waals surface area (Å²) in [5.41, 5.74) is 0.726. The van der Waals surface area contributed by atoms with Crippen molar-refractivity contribution in [2.24, 2.45) is 0 Å². The minimum atomic E-state index is -0.439. The van der Waals surface area contributed by atoms with Gasteiger partial charge in [0.2, 0.25) is 0 Å². The number of piperidine rings is 1. The van der Waals surface area contributed by atoms with Crippen molar-refractivity contribution in [3.05, 3.63) is 27.6 Å². The molecule has 2 aliphatic heterocycles. The van der Waals surface area contributed by atoms with Gasteiger partial charge < -0.3 is 14.5 Å². The zero-order valence-electron chi connectivity index (χ0n) is 11.6. The molecule has 4 heterocycles. The van der Waals surface area contributed by atoms with Crippen LogP contribution in [-0.4, -0.2) is 47.0 Å². The Morgan fingerprint density at radius 1 is 1.43 bits per heavy atom. The predicted molar refractivity (Wildman–Crippen MR) is 79.4 cm³/mol. The third-order valence-electron chi connectivity index (χ3n) is 4.05. The molecule has 1 spiro atoms. The van der Waals surface area contributed by atoms with E-state index in [4.69, 9.17) is 9.47 Å². The van der Waals surface area contributed by atoms with Gasteiger partial charge in [-0.1, -0.05) is 0 Å². The van der Waals surface area contributed by atoms with Crippen molar-refractivity contribution in [2.75, 3.05) is 26.3 Å². The first-order valence-corrected chi connectivity index (χ1v) is 8.09. The van der Waals surface area contributed by atoms with Gasteiger partial charge >= 0.3 is 0 Å². The molecule has 0 amide bonds. The van der Waals surface area contributed by atoms with Crippen molar-refractivity contribution in [1.29, 1.82) is 0 Å². The van der Waals surface area contributed by atoms with Gasteiger partial charge in [0.25, 0.3) is 5.56 Å². The average Bonchev–Trinajstić information content (AvgIpc) is 3.09. The first kappa shape index (κ1) is 13.4. The number of nitrogens with zero attached hydrogens (tertiary/aromatic N) is 2. The highest BCUT2D eigenvalue weighted by Gasteiger charge is 2.40. The van der Waals surface area contributed by atoms with E-state index in [0.29, 0.717) is 30.3 Å². The third-order valence-corrected chi connectivity index (χ3v) is 4.95. The summed E-state index contributed by atoms with van der Waals surface area (Å²) >= 11 is 1.42. The van der Waals surface area contributed by atoms with Crippen LogP contribution < -0.4 is 5.56 Å². The monoisotopic (exact) mass is 307 g/mol. The number of aromatic amines is 1. The summed E-state index contributed by atoms with van der Waals surface area (Å²) in [4.78, 5) is 21.7. The smallest absolute Gasteiger partial charge is 0.268 e. The Bertz CT molecular complexity index is 705. The third kappa shape index (κ3) is 2.50. The second-order valence-corrected chi connectivity index (χ2v) is 6.49. The van der Waals surface area contributed by atoms with Crippen molar-refractivity contribution in [3.63, 3.8) is 0 Å². The molecule has 6 nitrogen and oxygen atoms in total. The maximum Gasteiger partial charge on any atom is 0.268 e. The van der Waals surface area contributed by atoms with Crippen LogP contribution in [0.2, 0.25) is 0 Å². The molecule has 7 heteroatoms. The molecule has 0 saturated carbocycles. The minimum absolute atomic E-state index is 0.0508. The normalized spacial score (nSPS) is 22.3. The van der Waals surface area contributed by atoms with Crippen LogP contribution in [0, 0.1) is 0 Å². The van der Waals surface area contributed by atoms with E-state index in [0.717, 1.165) is 31.4 Å². The number of hydrogen-bond donors (Lipinski definition) is 1. The van der Waals surface area contributed by atoms with Gasteiger partial charge in [-0.2, -0.15) is 0 Å². The Kier molecular flexibility index (Phi) is 3.30. The number of rotatable bonds is 2. The molecule has 0 unspecified atom stereocenters. The highest BCUT2D eigenvalue weighted by atomic mass is 32.1. The van der Waals surface area contributed by atoms with Crippen molar-refractivity contribution in [3.8, 4) is 0 Å². The van der Waals surface area contributed by atoms with E-state index in [1.54, 1.807) is 0 Å². The Balaban J connectivity index is 1.55. The van der Waals surface area contributed by atoms with E-state index in [1.165, 1.54) is 11.3 Å². The number of fused-ring (bicyclic) bond motifs is 1. The van der Waals surface area contributed by atoms with Gasteiger partial charge in [0, 0.05) is 6.42 Å². The van der Waals surface area contributed by atoms with E-state index in [-0.39, 0.29) is 5.56 Å². The van der Waals surface area contributed by atoms with Crippen LogP contribution in [0.3, 0.4) is 0 Å². The van der Waals surface area contributed by atoms with Crippen LogP contribution in [-0.2, 0) is 16.0 Å². The number of H-pyrrole nitrogens is 1. The van der Waals surface area contributed by atoms with Crippen LogP contribution in [0.25, 0.3) is 10.2 Å². The van der Waals surface area contributed by atoms with Crippen molar-refractivity contribution < 1.29 is 9.47 Å². The van der Waals surface area contributed by atoms with Gasteiger partial charge in [0.1, 0.15) is 10.5 Å². The van der Waals surface area contributed by atoms with Gasteiger partial charge in [-0.3, -0.25) is 9.69 Å². The van der Waals surface area contributed by atoms with Crippen molar-refractivity contribution in [2.45, 2.75) is 25.2 Å². The van der Waals surface area contributed by atoms with E-state index in [1.807, 2.05) is 11.4 Å². The Hall–Kier alpha value is -1.28. The molecule has 0 aromatic carbocycles. The predicted octanol–water partition coefficient (Wildman–Crippen LogP) is 1.32. The topological polar surface area (TPSA) is 67.5 Å². The molecule has 2 aliphatic rings. The summed E-state index contributed by atoms with van der Waals surface area (Å²) in [6.45, 7) is 3.67. The summed E-state index contributed by atoms with van der Waals surface area (Å²) in [6.07, 6.45) is 1.97. The van der Waals surface area contributed by atoms with E-state index >= 15 is 0 Å². The summed E-state index contributed by atoms with van der Waals surface area (Å²) in [5.74, 6) is 0.270. The van der Waals surface area contributed by atoms with Crippen LogP contribution in [0.1, 0.15) is 18.7 Å². The quantitative estimate of drug-likeness (QED) is 0.906. The molecule has 0 atom stereocenters. The standard InChI is InChI=1S/C14H17N3O3S/c18-13-12-10(2-7-21-12)15-11(16-13)8-17-4-1-3-14(9-17)19-5-6-20-14/h2,7H,1,3-6,8-9H2,(H,15,16,18). The summed E-state index contributed by atoms with van der Waals surface area (Å²) < 4.78 is 12.2. The lowest BCUT2D eigenvalue weighted by Crippen LogP contribution is -2.48. The van der Waals surface area contributed by atoms with Crippen LogP contribution in [0.15, 0.2) is 16.2 Å². The molecule has 2 saturated heterocycles. The molecule has 112 valence electrons. The van der Waals surface area contributed by atoms with Crippen molar-refractivity contribution in [1.82, 2.24) is 14.9 Å². The number of thiophene rings is 1. The molecule has 2 aromatic rings. The van der Waals surface area contributed by atoms with Crippen LogP contribution in [0.4, 0.5) is 0 Å². The summed E-state index contributed by atoms with van der Waals surface area (Å²) in [5, 5.41) is 1.90. The van der Waals surface area contributed by atoms with Gasteiger partial charge in [0.05, 0.1) is 31.8 Å². The largest absolute Gasteiger partial charge is 0.346 e. The molecule has 2 aromatic heterocycles. The lowest BCUT2D eigenvalue weighted by atomic mass is 10.0. The van der Waals surface area contributed by atoms with Gasteiger partial charge in [-0.25, -0.2) is 4.98 Å². The Morgan fingerprint density at radius 2 is 2.29 bits per heavy atom. The average molecular weight is 307 g/mol. The highest BCUT2D eigenvalue weighted by molar-refractivity contribution is 7.17. The molecule has 21 heavy (non-hydrogen) atoms. The maximum absolute atomic E-state index is 12.0. The lowest BCUT2D eigenvalue weighted by Gasteiger charge is -2.38.